The summed E-state index contributed by atoms with van der Waals surface area (Å²) < 4.78 is 27.3. The van der Waals surface area contributed by atoms with Crippen molar-refractivity contribution < 1.29 is 13.2 Å². The molecule has 0 aliphatic heterocycles. The average molecular weight is 344 g/mol. The van der Waals surface area contributed by atoms with Gasteiger partial charge in [-0.2, -0.15) is 0 Å². The Kier molecular flexibility index (Phi) is 4.69. The Morgan fingerprint density at radius 3 is 2.46 bits per heavy atom. The third kappa shape index (κ3) is 3.66. The van der Waals surface area contributed by atoms with Crippen LogP contribution in [0, 0.1) is 0 Å². The number of sulfonamides is 1. The van der Waals surface area contributed by atoms with Crippen molar-refractivity contribution in [3.8, 4) is 0 Å². The number of benzene rings is 2. The zero-order valence-corrected chi connectivity index (χ0v) is 14.3. The molecule has 1 saturated carbocycles. The smallest absolute Gasteiger partial charge is 0.258 e. The van der Waals surface area contributed by atoms with Crippen LogP contribution in [0.3, 0.4) is 0 Å². The Hall–Kier alpha value is -2.18. The van der Waals surface area contributed by atoms with Crippen LogP contribution in [0.25, 0.3) is 0 Å². The lowest BCUT2D eigenvalue weighted by Gasteiger charge is -2.21. The van der Waals surface area contributed by atoms with Gasteiger partial charge in [0.25, 0.3) is 5.91 Å². The lowest BCUT2D eigenvalue weighted by Crippen LogP contribution is -2.31. The van der Waals surface area contributed by atoms with Gasteiger partial charge in [-0.1, -0.05) is 24.3 Å². The normalized spacial score (nSPS) is 14.4. The minimum atomic E-state index is -3.57. The zero-order valence-electron chi connectivity index (χ0n) is 13.5. The lowest BCUT2D eigenvalue weighted by atomic mass is 10.2. The van der Waals surface area contributed by atoms with Crippen LogP contribution in [0.2, 0.25) is 0 Å². The molecule has 0 bridgehead atoms. The van der Waals surface area contributed by atoms with Crippen molar-refractivity contribution in [1.29, 1.82) is 0 Å². The maximum absolute atomic E-state index is 12.8. The quantitative estimate of drug-likeness (QED) is 0.876. The molecule has 1 fully saturated rings. The fourth-order valence-corrected chi connectivity index (χ4v) is 3.84. The van der Waals surface area contributed by atoms with E-state index in [1.807, 2.05) is 37.3 Å². The molecule has 0 aromatic heterocycles. The van der Waals surface area contributed by atoms with E-state index in [-0.39, 0.29) is 16.8 Å². The summed E-state index contributed by atoms with van der Waals surface area (Å²) in [4.78, 5) is 14.6. The van der Waals surface area contributed by atoms with Crippen molar-refractivity contribution in [3.63, 3.8) is 0 Å². The summed E-state index contributed by atoms with van der Waals surface area (Å²) in [5.74, 6) is -0.216. The molecule has 5 nitrogen and oxygen atoms in total. The summed E-state index contributed by atoms with van der Waals surface area (Å²) in [7, 11) is -3.57. The van der Waals surface area contributed by atoms with Crippen molar-refractivity contribution in [2.45, 2.75) is 30.7 Å². The number of carbonyl (C=O) groups excluding carboxylic acids is 1. The molecule has 6 heteroatoms. The van der Waals surface area contributed by atoms with Gasteiger partial charge in [-0.25, -0.2) is 13.1 Å². The first kappa shape index (κ1) is 16.7. The molecule has 1 aliphatic carbocycles. The number of anilines is 1. The number of rotatable bonds is 6. The summed E-state index contributed by atoms with van der Waals surface area (Å²) in [6.45, 7) is 2.39. The van der Waals surface area contributed by atoms with Gasteiger partial charge < -0.3 is 4.90 Å². The highest BCUT2D eigenvalue weighted by Gasteiger charge is 2.28. The van der Waals surface area contributed by atoms with Gasteiger partial charge in [-0.3, -0.25) is 4.79 Å². The van der Waals surface area contributed by atoms with Gasteiger partial charge >= 0.3 is 0 Å². The molecular formula is C18H20N2O3S. The van der Waals surface area contributed by atoms with E-state index in [1.165, 1.54) is 12.1 Å². The number of hydrogen-bond acceptors (Lipinski definition) is 3. The molecule has 126 valence electrons. The van der Waals surface area contributed by atoms with Crippen LogP contribution < -0.4 is 9.62 Å². The number of para-hydroxylation sites is 1. The van der Waals surface area contributed by atoms with E-state index in [0.29, 0.717) is 12.1 Å². The molecule has 0 saturated heterocycles. The molecular weight excluding hydrogens is 324 g/mol. The van der Waals surface area contributed by atoms with E-state index >= 15 is 0 Å². The van der Waals surface area contributed by atoms with E-state index in [0.717, 1.165) is 18.5 Å². The predicted octanol–water partition coefficient (Wildman–Crippen LogP) is 2.79. The van der Waals surface area contributed by atoms with E-state index < -0.39 is 10.0 Å². The van der Waals surface area contributed by atoms with Crippen LogP contribution in [0.5, 0.6) is 0 Å². The maximum atomic E-state index is 12.8. The first-order chi connectivity index (χ1) is 11.5. The number of amides is 1. The van der Waals surface area contributed by atoms with Crippen molar-refractivity contribution >= 4 is 21.6 Å². The lowest BCUT2D eigenvalue weighted by molar-refractivity contribution is 0.0988. The van der Waals surface area contributed by atoms with Gasteiger partial charge in [0, 0.05) is 23.8 Å². The molecule has 0 heterocycles. The fraction of sp³-hybridized carbons (Fsp3) is 0.278. The van der Waals surface area contributed by atoms with Gasteiger partial charge in [0.05, 0.1) is 4.90 Å². The number of carbonyl (C=O) groups is 1. The highest BCUT2D eigenvalue weighted by atomic mass is 32.2. The molecule has 1 amide bonds. The molecule has 0 spiro atoms. The monoisotopic (exact) mass is 344 g/mol. The van der Waals surface area contributed by atoms with E-state index in [2.05, 4.69) is 4.72 Å². The van der Waals surface area contributed by atoms with E-state index in [4.69, 9.17) is 0 Å². The molecule has 0 radical (unpaired) electrons. The summed E-state index contributed by atoms with van der Waals surface area (Å²) in [5.41, 5.74) is 1.15. The maximum Gasteiger partial charge on any atom is 0.258 e. The molecule has 2 aromatic rings. The fourth-order valence-electron chi connectivity index (χ4n) is 2.49. The zero-order chi connectivity index (χ0) is 17.2. The summed E-state index contributed by atoms with van der Waals surface area (Å²) >= 11 is 0. The Morgan fingerprint density at radius 1 is 1.12 bits per heavy atom. The highest BCUT2D eigenvalue weighted by molar-refractivity contribution is 7.89. The molecule has 0 atom stereocenters. The van der Waals surface area contributed by atoms with E-state index in [9.17, 15) is 13.2 Å². The van der Waals surface area contributed by atoms with Crippen molar-refractivity contribution in [1.82, 2.24) is 4.72 Å². The van der Waals surface area contributed by atoms with Crippen LogP contribution in [0.15, 0.2) is 59.5 Å². The van der Waals surface area contributed by atoms with Gasteiger partial charge in [0.2, 0.25) is 10.0 Å². The Labute approximate surface area is 142 Å². The summed E-state index contributed by atoms with van der Waals surface area (Å²) in [6.07, 6.45) is 1.74. The second kappa shape index (κ2) is 6.75. The van der Waals surface area contributed by atoms with Crippen molar-refractivity contribution in [3.05, 3.63) is 60.2 Å². The third-order valence-corrected chi connectivity index (χ3v) is 5.44. The first-order valence-electron chi connectivity index (χ1n) is 8.00. The molecule has 1 aliphatic rings. The molecule has 3 rings (SSSR count). The number of nitrogens with one attached hydrogen (secondary N) is 1. The van der Waals surface area contributed by atoms with Crippen LogP contribution in [-0.4, -0.2) is 26.9 Å². The van der Waals surface area contributed by atoms with Crippen LogP contribution in [-0.2, 0) is 10.0 Å². The number of hydrogen-bond donors (Lipinski definition) is 1. The third-order valence-electron chi connectivity index (χ3n) is 3.92. The predicted molar refractivity (Wildman–Crippen MR) is 93.6 cm³/mol. The second-order valence-corrected chi connectivity index (χ2v) is 7.52. The van der Waals surface area contributed by atoms with Gasteiger partial charge in [0.1, 0.15) is 0 Å². The number of nitrogens with zero attached hydrogens (tertiary/aromatic N) is 1. The van der Waals surface area contributed by atoms with Gasteiger partial charge in [-0.15, -0.1) is 0 Å². The van der Waals surface area contributed by atoms with Gasteiger partial charge in [-0.05, 0) is 50.1 Å². The Bertz CT molecular complexity index is 830. The SMILES string of the molecule is CCN(C(=O)c1cccc(S(=O)(=O)NC2CC2)c1)c1ccccc1. The summed E-state index contributed by atoms with van der Waals surface area (Å²) in [5, 5.41) is 0. The molecule has 0 unspecified atom stereocenters. The van der Waals surface area contributed by atoms with Crippen LogP contribution in [0.1, 0.15) is 30.1 Å². The molecule has 1 N–H and O–H groups in total. The Morgan fingerprint density at radius 2 is 1.83 bits per heavy atom. The van der Waals surface area contributed by atoms with Crippen LogP contribution >= 0.6 is 0 Å². The molecule has 2 aromatic carbocycles. The minimum Gasteiger partial charge on any atom is -0.309 e. The van der Waals surface area contributed by atoms with E-state index in [1.54, 1.807) is 17.0 Å². The molecule has 24 heavy (non-hydrogen) atoms. The summed E-state index contributed by atoms with van der Waals surface area (Å²) in [6, 6.07) is 15.6. The topological polar surface area (TPSA) is 66.5 Å². The van der Waals surface area contributed by atoms with Crippen molar-refractivity contribution in [2.24, 2.45) is 0 Å². The average Bonchev–Trinajstić information content (AvgIpc) is 3.40. The highest BCUT2D eigenvalue weighted by Crippen LogP contribution is 2.23. The van der Waals surface area contributed by atoms with Crippen LogP contribution in [0.4, 0.5) is 5.69 Å². The first-order valence-corrected chi connectivity index (χ1v) is 9.49. The standard InChI is InChI=1S/C18H20N2O3S/c1-2-20(16-8-4-3-5-9-16)18(21)14-7-6-10-17(13-14)24(22,23)19-15-11-12-15/h3-10,13,15,19H,2,11-12H2,1H3. The van der Waals surface area contributed by atoms with Gasteiger partial charge in [0.15, 0.2) is 0 Å². The second-order valence-electron chi connectivity index (χ2n) is 5.81. The Balaban J connectivity index is 1.88. The van der Waals surface area contributed by atoms with Crippen molar-refractivity contribution in [2.75, 3.05) is 11.4 Å². The minimum absolute atomic E-state index is 0.0332. The largest absolute Gasteiger partial charge is 0.309 e.